The summed E-state index contributed by atoms with van der Waals surface area (Å²) in [6.07, 6.45) is 1.32. The molecule has 11 heteroatoms. The predicted octanol–water partition coefficient (Wildman–Crippen LogP) is 3.31. The molecule has 0 atom stereocenters. The van der Waals surface area contributed by atoms with Gasteiger partial charge in [-0.25, -0.2) is 14.2 Å². The lowest BCUT2D eigenvalue weighted by Crippen LogP contribution is -2.36. The van der Waals surface area contributed by atoms with Gasteiger partial charge in [-0.3, -0.25) is 19.1 Å². The van der Waals surface area contributed by atoms with E-state index in [2.05, 4.69) is 20.6 Å². The molecule has 0 radical (unpaired) electrons. The lowest BCUT2D eigenvalue weighted by molar-refractivity contribution is 0.102. The lowest BCUT2D eigenvalue weighted by Gasteiger charge is -2.17. The summed E-state index contributed by atoms with van der Waals surface area (Å²) < 4.78 is 20.4. The van der Waals surface area contributed by atoms with E-state index in [1.165, 1.54) is 23.9 Å². The molecule has 0 spiro atoms. The van der Waals surface area contributed by atoms with E-state index in [9.17, 15) is 18.8 Å². The van der Waals surface area contributed by atoms with Crippen LogP contribution >= 0.6 is 11.3 Å². The number of carbonyl (C=O) groups is 1. The van der Waals surface area contributed by atoms with Crippen LogP contribution in [0, 0.1) is 5.82 Å². The Morgan fingerprint density at radius 1 is 1.14 bits per heavy atom. The number of benzene rings is 2. The molecular weight excluding hydrogens is 473 g/mol. The second kappa shape index (κ2) is 10.9. The number of carbonyl (C=O) groups excluding carboxylic acids is 1. The van der Waals surface area contributed by atoms with Crippen LogP contribution in [0.25, 0.3) is 10.6 Å². The highest BCUT2D eigenvalue weighted by Gasteiger charge is 2.20. The van der Waals surface area contributed by atoms with E-state index in [1.54, 1.807) is 18.2 Å². The van der Waals surface area contributed by atoms with Crippen LogP contribution in [0.15, 0.2) is 70.4 Å². The quantitative estimate of drug-likeness (QED) is 0.328. The van der Waals surface area contributed by atoms with Crippen LogP contribution in [0.1, 0.15) is 15.2 Å². The standard InChI is InChI=1S/C24H22FN5O4S/c1-34-12-11-30-20(19(22(32)29-24(30)33)26-13-15-7-3-2-4-8-15)28-21(31)18-14-27-23(35-18)16-9-5-6-10-17(16)25/h2-10,14,26H,11-13H2,1H3,(H,28,31)(H,29,32,33). The number of halogens is 1. The molecule has 1 amide bonds. The Hall–Kier alpha value is -4.09. The summed E-state index contributed by atoms with van der Waals surface area (Å²) in [6.45, 7) is 0.545. The number of nitrogens with zero attached hydrogens (tertiary/aromatic N) is 2. The topological polar surface area (TPSA) is 118 Å². The average molecular weight is 496 g/mol. The zero-order valence-electron chi connectivity index (χ0n) is 18.7. The van der Waals surface area contributed by atoms with Crippen LogP contribution in [0.2, 0.25) is 0 Å². The van der Waals surface area contributed by atoms with Crippen LogP contribution in [0.4, 0.5) is 15.9 Å². The molecule has 2 aromatic heterocycles. The minimum Gasteiger partial charge on any atom is -0.383 e. The molecule has 0 unspecified atom stereocenters. The molecule has 4 rings (SSSR count). The van der Waals surface area contributed by atoms with E-state index >= 15 is 0 Å². The number of anilines is 2. The molecule has 0 saturated carbocycles. The maximum Gasteiger partial charge on any atom is 0.330 e. The highest BCUT2D eigenvalue weighted by atomic mass is 32.1. The van der Waals surface area contributed by atoms with Crippen molar-refractivity contribution in [3.63, 3.8) is 0 Å². The molecule has 0 fully saturated rings. The van der Waals surface area contributed by atoms with Gasteiger partial charge in [0.2, 0.25) is 0 Å². The highest BCUT2D eigenvalue weighted by Crippen LogP contribution is 2.28. The van der Waals surface area contributed by atoms with E-state index in [1.807, 2.05) is 30.3 Å². The first kappa shape index (κ1) is 24.0. The molecule has 180 valence electrons. The van der Waals surface area contributed by atoms with Crippen molar-refractivity contribution in [2.24, 2.45) is 0 Å². The Balaban J connectivity index is 1.67. The third-order valence-electron chi connectivity index (χ3n) is 5.10. The van der Waals surface area contributed by atoms with Gasteiger partial charge in [0.05, 0.1) is 19.3 Å². The molecule has 0 aliphatic carbocycles. The van der Waals surface area contributed by atoms with Crippen LogP contribution in [0.5, 0.6) is 0 Å². The van der Waals surface area contributed by atoms with Crippen LogP contribution < -0.4 is 21.9 Å². The number of rotatable bonds is 9. The van der Waals surface area contributed by atoms with Crippen LogP contribution in [-0.4, -0.2) is 34.2 Å². The van der Waals surface area contributed by atoms with Gasteiger partial charge in [-0.05, 0) is 17.7 Å². The van der Waals surface area contributed by atoms with E-state index in [4.69, 9.17) is 4.74 Å². The first-order chi connectivity index (χ1) is 17.0. The van der Waals surface area contributed by atoms with Gasteiger partial charge < -0.3 is 15.4 Å². The molecule has 9 nitrogen and oxygen atoms in total. The van der Waals surface area contributed by atoms with Gasteiger partial charge in [0.25, 0.3) is 11.5 Å². The van der Waals surface area contributed by atoms with Crippen molar-refractivity contribution in [1.29, 1.82) is 0 Å². The third kappa shape index (κ3) is 5.53. The number of methoxy groups -OCH3 is 1. The van der Waals surface area contributed by atoms with Crippen molar-refractivity contribution >= 4 is 28.7 Å². The molecule has 0 aliphatic rings. The number of aromatic nitrogens is 3. The Morgan fingerprint density at radius 2 is 1.89 bits per heavy atom. The molecule has 0 bridgehead atoms. The summed E-state index contributed by atoms with van der Waals surface area (Å²) in [7, 11) is 1.48. The second-order valence-corrected chi connectivity index (χ2v) is 8.46. The van der Waals surface area contributed by atoms with Gasteiger partial charge in [0.15, 0.2) is 0 Å². The Labute approximate surface area is 203 Å². The van der Waals surface area contributed by atoms with Crippen molar-refractivity contribution in [2.75, 3.05) is 24.4 Å². The van der Waals surface area contributed by atoms with Crippen molar-refractivity contribution in [2.45, 2.75) is 13.1 Å². The molecule has 0 aliphatic heterocycles. The summed E-state index contributed by atoms with van der Waals surface area (Å²) in [5.41, 5.74) is -0.169. The summed E-state index contributed by atoms with van der Waals surface area (Å²) in [5, 5.41) is 6.01. The van der Waals surface area contributed by atoms with Crippen molar-refractivity contribution in [3.05, 3.63) is 97.9 Å². The average Bonchev–Trinajstić information content (AvgIpc) is 3.34. The number of ether oxygens (including phenoxy) is 1. The van der Waals surface area contributed by atoms with Crippen molar-refractivity contribution in [3.8, 4) is 10.6 Å². The first-order valence-electron chi connectivity index (χ1n) is 10.6. The number of aromatic amines is 1. The fraction of sp³-hybridized carbons (Fsp3) is 0.167. The molecule has 2 heterocycles. The minimum atomic E-state index is -0.691. The number of thiazole rings is 1. The van der Waals surface area contributed by atoms with Gasteiger partial charge in [-0.1, -0.05) is 42.5 Å². The third-order valence-corrected chi connectivity index (χ3v) is 6.13. The Bertz CT molecular complexity index is 1450. The zero-order valence-corrected chi connectivity index (χ0v) is 19.5. The highest BCUT2D eigenvalue weighted by molar-refractivity contribution is 7.17. The minimum absolute atomic E-state index is 0.00225. The first-order valence-corrected chi connectivity index (χ1v) is 11.5. The smallest absolute Gasteiger partial charge is 0.330 e. The fourth-order valence-corrected chi connectivity index (χ4v) is 4.19. The molecule has 0 saturated heterocycles. The largest absolute Gasteiger partial charge is 0.383 e. The molecule has 2 aromatic carbocycles. The van der Waals surface area contributed by atoms with Crippen LogP contribution in [-0.2, 0) is 17.8 Å². The normalized spacial score (nSPS) is 10.8. The summed E-state index contributed by atoms with van der Waals surface area (Å²) >= 11 is 0.994. The van der Waals surface area contributed by atoms with Crippen molar-refractivity contribution < 1.29 is 13.9 Å². The fourth-order valence-electron chi connectivity index (χ4n) is 3.35. The van der Waals surface area contributed by atoms with E-state index in [0.29, 0.717) is 5.01 Å². The molecule has 4 aromatic rings. The maximum absolute atomic E-state index is 14.1. The lowest BCUT2D eigenvalue weighted by atomic mass is 10.2. The predicted molar refractivity (Wildman–Crippen MR) is 132 cm³/mol. The Morgan fingerprint density at radius 3 is 2.63 bits per heavy atom. The van der Waals surface area contributed by atoms with Gasteiger partial charge in [0.1, 0.15) is 27.2 Å². The summed E-state index contributed by atoms with van der Waals surface area (Å²) in [4.78, 5) is 45.0. The van der Waals surface area contributed by atoms with Gasteiger partial charge in [-0.15, -0.1) is 11.3 Å². The Kier molecular flexibility index (Phi) is 7.48. The van der Waals surface area contributed by atoms with Crippen LogP contribution in [0.3, 0.4) is 0 Å². The number of hydrogen-bond acceptors (Lipinski definition) is 7. The summed E-state index contributed by atoms with van der Waals surface area (Å²) in [5.74, 6) is -1.05. The number of hydrogen-bond donors (Lipinski definition) is 3. The van der Waals surface area contributed by atoms with E-state index < -0.39 is 23.0 Å². The monoisotopic (exact) mass is 495 g/mol. The summed E-state index contributed by atoms with van der Waals surface area (Å²) in [6, 6.07) is 15.5. The van der Waals surface area contributed by atoms with E-state index in [-0.39, 0.29) is 41.6 Å². The molecule has 35 heavy (non-hydrogen) atoms. The zero-order chi connectivity index (χ0) is 24.8. The van der Waals surface area contributed by atoms with Crippen molar-refractivity contribution in [1.82, 2.24) is 14.5 Å². The molecular formula is C24H22FN5O4S. The number of amides is 1. The van der Waals surface area contributed by atoms with E-state index in [0.717, 1.165) is 16.9 Å². The molecule has 3 N–H and O–H groups in total. The van der Waals surface area contributed by atoms with Gasteiger partial charge in [0, 0.05) is 19.2 Å². The second-order valence-electron chi connectivity index (χ2n) is 7.43. The maximum atomic E-state index is 14.1. The van der Waals surface area contributed by atoms with Gasteiger partial charge >= 0.3 is 5.69 Å². The van der Waals surface area contributed by atoms with Gasteiger partial charge in [-0.2, -0.15) is 0 Å². The number of H-pyrrole nitrogens is 1. The SMILES string of the molecule is COCCn1c(NC(=O)c2cnc(-c3ccccc3F)s2)c(NCc2ccccc2)c(=O)[nH]c1=O. The number of nitrogens with one attached hydrogen (secondary N) is 3.